The zero-order valence-corrected chi connectivity index (χ0v) is 13.7. The molecule has 0 aromatic heterocycles. The van der Waals surface area contributed by atoms with Crippen LogP contribution in [0.25, 0.3) is 0 Å². The summed E-state index contributed by atoms with van der Waals surface area (Å²) < 4.78 is -1.64. The molecule has 0 atom stereocenters. The van der Waals surface area contributed by atoms with Crippen molar-refractivity contribution in [3.8, 4) is 0 Å². The lowest BCUT2D eigenvalue weighted by Crippen LogP contribution is -2.51. The molecule has 0 spiro atoms. The van der Waals surface area contributed by atoms with Crippen molar-refractivity contribution in [2.24, 2.45) is 0 Å². The van der Waals surface area contributed by atoms with E-state index in [0.29, 0.717) is 0 Å². The largest absolute Gasteiger partial charge is 0.145 e. The van der Waals surface area contributed by atoms with E-state index in [1.807, 2.05) is 0 Å². The van der Waals surface area contributed by atoms with E-state index in [1.165, 1.54) is 0 Å². The van der Waals surface area contributed by atoms with Gasteiger partial charge in [0.15, 0.2) is 0 Å². The molecule has 6 heteroatoms. The standard InChI is InChI=1S/C6H6Br4Cl2/c7-4(8)2-1-3-5(11,12)6(4,9)10/h1-3H2. The molecule has 0 heterocycles. The molecule has 1 aliphatic carbocycles. The van der Waals surface area contributed by atoms with Gasteiger partial charge in [-0.25, -0.2) is 0 Å². The van der Waals surface area contributed by atoms with Crippen molar-refractivity contribution in [3.63, 3.8) is 0 Å². The van der Waals surface area contributed by atoms with Crippen molar-refractivity contribution >= 4 is 86.9 Å². The smallest absolute Gasteiger partial charge is 0.0990 e. The molecule has 0 saturated heterocycles. The molecule has 1 aliphatic rings. The Kier molecular flexibility index (Phi) is 4.00. The molecular formula is C6H6Br4Cl2. The van der Waals surface area contributed by atoms with Crippen LogP contribution in [0.2, 0.25) is 0 Å². The summed E-state index contributed by atoms with van der Waals surface area (Å²) in [5.41, 5.74) is 0. The van der Waals surface area contributed by atoms with Crippen LogP contribution in [0.15, 0.2) is 0 Å². The van der Waals surface area contributed by atoms with Crippen LogP contribution in [0.1, 0.15) is 19.3 Å². The van der Waals surface area contributed by atoms with Gasteiger partial charge in [-0.15, -0.1) is 0 Å². The first kappa shape index (κ1) is 12.6. The van der Waals surface area contributed by atoms with Crippen LogP contribution in [0.5, 0.6) is 0 Å². The first-order valence-corrected chi connectivity index (χ1v) is 7.27. The topological polar surface area (TPSA) is 0 Å². The molecule has 0 aromatic carbocycles. The molecule has 0 aromatic rings. The van der Waals surface area contributed by atoms with Crippen molar-refractivity contribution in [2.45, 2.75) is 30.1 Å². The van der Waals surface area contributed by atoms with Gasteiger partial charge in [0.2, 0.25) is 0 Å². The first-order valence-electron chi connectivity index (χ1n) is 3.34. The van der Waals surface area contributed by atoms with Gasteiger partial charge in [-0.05, 0) is 19.3 Å². The molecule has 0 bridgehead atoms. The van der Waals surface area contributed by atoms with Gasteiger partial charge in [0.25, 0.3) is 0 Å². The van der Waals surface area contributed by atoms with Crippen LogP contribution in [0.3, 0.4) is 0 Å². The molecule has 0 aliphatic heterocycles. The van der Waals surface area contributed by atoms with Crippen LogP contribution in [-0.2, 0) is 0 Å². The highest BCUT2D eigenvalue weighted by Gasteiger charge is 2.60. The summed E-state index contributed by atoms with van der Waals surface area (Å²) >= 11 is 26.4. The lowest BCUT2D eigenvalue weighted by atomic mass is 9.99. The highest BCUT2D eigenvalue weighted by atomic mass is 79.9. The van der Waals surface area contributed by atoms with Crippen molar-refractivity contribution in [1.82, 2.24) is 0 Å². The van der Waals surface area contributed by atoms with Crippen LogP contribution in [-0.4, -0.2) is 10.8 Å². The molecule has 1 fully saturated rings. The zero-order valence-electron chi connectivity index (χ0n) is 5.89. The van der Waals surface area contributed by atoms with Crippen molar-refractivity contribution in [2.75, 3.05) is 0 Å². The number of halogens is 6. The monoisotopic (exact) mass is 464 g/mol. The van der Waals surface area contributed by atoms with Gasteiger partial charge < -0.3 is 0 Å². The first-order chi connectivity index (χ1) is 5.21. The maximum atomic E-state index is 6.16. The minimum absolute atomic E-state index is 0.297. The van der Waals surface area contributed by atoms with E-state index >= 15 is 0 Å². The van der Waals surface area contributed by atoms with Gasteiger partial charge in [0.1, 0.15) is 10.8 Å². The molecule has 72 valence electrons. The Balaban J connectivity index is 2.99. The molecule has 0 nitrogen and oxygen atoms in total. The molecule has 0 amide bonds. The fourth-order valence-electron chi connectivity index (χ4n) is 1.11. The molecule has 1 rings (SSSR count). The average Bonchev–Trinajstić information content (AvgIpc) is 1.83. The Hall–Kier alpha value is 2.50. The Labute approximate surface area is 116 Å². The maximum Gasteiger partial charge on any atom is 0.145 e. The Morgan fingerprint density at radius 3 is 1.75 bits per heavy atom. The van der Waals surface area contributed by atoms with Gasteiger partial charge in [-0.3, -0.25) is 0 Å². The second-order valence-electron chi connectivity index (χ2n) is 2.84. The molecular weight excluding hydrogens is 463 g/mol. The molecule has 0 N–H and O–H groups in total. The predicted octanol–water partition coefficient (Wildman–Crippen LogP) is 5.32. The quantitative estimate of drug-likeness (QED) is 0.423. The lowest BCUT2D eigenvalue weighted by molar-refractivity contribution is 0.476. The van der Waals surface area contributed by atoms with E-state index in [2.05, 4.69) is 63.7 Å². The average molecular weight is 469 g/mol. The summed E-state index contributed by atoms with van der Waals surface area (Å²) in [6, 6.07) is 0. The van der Waals surface area contributed by atoms with E-state index in [-0.39, 0.29) is 3.23 Å². The lowest BCUT2D eigenvalue weighted by Gasteiger charge is -2.46. The molecule has 1 saturated carbocycles. The summed E-state index contributed by atoms with van der Waals surface area (Å²) in [5, 5.41) is 0. The summed E-state index contributed by atoms with van der Waals surface area (Å²) in [4.78, 5) is 0. The third-order valence-electron chi connectivity index (χ3n) is 1.90. The number of hydrogen-bond acceptors (Lipinski definition) is 0. The predicted molar refractivity (Wildman–Crippen MR) is 69.5 cm³/mol. The zero-order chi connectivity index (χ0) is 9.62. The second kappa shape index (κ2) is 3.82. The summed E-state index contributed by atoms with van der Waals surface area (Å²) in [6.45, 7) is 0. The van der Waals surface area contributed by atoms with Crippen molar-refractivity contribution in [3.05, 3.63) is 0 Å². The summed E-state index contributed by atoms with van der Waals surface area (Å²) in [5.74, 6) is 0. The maximum absolute atomic E-state index is 6.16. The normalized spacial score (nSPS) is 31.5. The SMILES string of the molecule is ClC1(Cl)CCCC(Br)(Br)C1(Br)Br. The summed E-state index contributed by atoms with van der Waals surface area (Å²) in [7, 11) is 0. The van der Waals surface area contributed by atoms with E-state index in [0.717, 1.165) is 19.3 Å². The number of rotatable bonds is 0. The van der Waals surface area contributed by atoms with Crippen LogP contribution >= 0.6 is 86.9 Å². The fraction of sp³-hybridized carbons (Fsp3) is 1.00. The van der Waals surface area contributed by atoms with Crippen LogP contribution < -0.4 is 0 Å². The highest BCUT2D eigenvalue weighted by Crippen LogP contribution is 2.64. The van der Waals surface area contributed by atoms with Crippen LogP contribution in [0, 0.1) is 0 Å². The Morgan fingerprint density at radius 2 is 1.42 bits per heavy atom. The fourth-order valence-corrected chi connectivity index (χ4v) is 4.19. The van der Waals surface area contributed by atoms with Crippen molar-refractivity contribution < 1.29 is 0 Å². The van der Waals surface area contributed by atoms with E-state index in [9.17, 15) is 0 Å². The van der Waals surface area contributed by atoms with Gasteiger partial charge in [-0.2, -0.15) is 0 Å². The molecule has 0 radical (unpaired) electrons. The van der Waals surface area contributed by atoms with E-state index in [4.69, 9.17) is 23.2 Å². The van der Waals surface area contributed by atoms with Gasteiger partial charge in [-0.1, -0.05) is 86.9 Å². The van der Waals surface area contributed by atoms with Gasteiger partial charge in [0.05, 0.1) is 0 Å². The Bertz CT molecular complexity index is 172. The summed E-state index contributed by atoms with van der Waals surface area (Å²) in [6.07, 6.45) is 2.72. The Morgan fingerprint density at radius 1 is 0.917 bits per heavy atom. The number of alkyl halides is 6. The third kappa shape index (κ3) is 2.04. The van der Waals surface area contributed by atoms with Gasteiger partial charge >= 0.3 is 0 Å². The van der Waals surface area contributed by atoms with Gasteiger partial charge in [0, 0.05) is 0 Å². The minimum Gasteiger partial charge on any atom is -0.0990 e. The second-order valence-corrected chi connectivity index (χ2v) is 11.5. The van der Waals surface area contributed by atoms with E-state index < -0.39 is 7.57 Å². The third-order valence-corrected chi connectivity index (χ3v) is 10.6. The molecule has 0 unspecified atom stereocenters. The van der Waals surface area contributed by atoms with E-state index in [1.54, 1.807) is 0 Å². The van der Waals surface area contributed by atoms with Crippen molar-refractivity contribution in [1.29, 1.82) is 0 Å². The molecule has 12 heavy (non-hydrogen) atoms. The highest BCUT2D eigenvalue weighted by molar-refractivity contribution is 9.30. The minimum atomic E-state index is -0.807. The number of hydrogen-bond donors (Lipinski definition) is 0. The van der Waals surface area contributed by atoms with Crippen LogP contribution in [0.4, 0.5) is 0 Å².